The van der Waals surface area contributed by atoms with Gasteiger partial charge < -0.3 is 62.7 Å². The van der Waals surface area contributed by atoms with Gasteiger partial charge >= 0.3 is 17.9 Å². The number of nitrogens with two attached hydrogens (primary N) is 1. The number of H-pyrrole nitrogens is 2. The van der Waals surface area contributed by atoms with E-state index in [1.54, 1.807) is 0 Å². The molecule has 0 saturated heterocycles. The molecule has 1 aromatic carbocycles. The fourth-order valence-electron chi connectivity index (χ4n) is 5.23. The van der Waals surface area contributed by atoms with Crippen molar-refractivity contribution in [3.05, 3.63) is 66.3 Å². The minimum Gasteiger partial charge on any atom is -0.508 e. The molecule has 0 aliphatic heterocycles. The Morgan fingerprint density at radius 3 is 1.51 bits per heavy atom. The number of aromatic nitrogens is 4. The molecule has 3 aromatic rings. The zero-order valence-corrected chi connectivity index (χ0v) is 31.3. The number of aromatic amines is 2. The lowest BCUT2D eigenvalue weighted by Gasteiger charge is -2.27. The molecule has 57 heavy (non-hydrogen) atoms. The first-order valence-electron chi connectivity index (χ1n) is 17.2. The number of imidazole rings is 2. The summed E-state index contributed by atoms with van der Waals surface area (Å²) in [7, 11) is 0. The second kappa shape index (κ2) is 22.2. The van der Waals surface area contributed by atoms with Gasteiger partial charge in [0.1, 0.15) is 36.0 Å². The van der Waals surface area contributed by atoms with Crippen molar-refractivity contribution in [3.8, 4) is 5.75 Å². The van der Waals surface area contributed by atoms with Gasteiger partial charge in [0.15, 0.2) is 0 Å². The van der Waals surface area contributed by atoms with Gasteiger partial charge in [-0.15, -0.1) is 0 Å². The number of hydrogen-bond acceptors (Lipinski definition) is 13. The van der Waals surface area contributed by atoms with Crippen LogP contribution in [0.3, 0.4) is 0 Å². The number of aromatic hydroxyl groups is 1. The van der Waals surface area contributed by atoms with Crippen molar-refractivity contribution in [2.45, 2.75) is 74.8 Å². The van der Waals surface area contributed by atoms with Crippen LogP contribution in [0.15, 0.2) is 49.3 Å². The quantitative estimate of drug-likeness (QED) is 0.0441. The molecule has 5 amide bonds. The summed E-state index contributed by atoms with van der Waals surface area (Å²) in [6.07, 6.45) is 4.67. The lowest BCUT2D eigenvalue weighted by molar-refractivity contribution is -0.147. The molecule has 2 aromatic heterocycles. The van der Waals surface area contributed by atoms with Crippen molar-refractivity contribution in [2.24, 2.45) is 5.73 Å². The van der Waals surface area contributed by atoms with Crippen molar-refractivity contribution in [2.75, 3.05) is 12.0 Å². The van der Waals surface area contributed by atoms with Crippen molar-refractivity contribution in [1.82, 2.24) is 46.5 Å². The second-order valence-electron chi connectivity index (χ2n) is 12.7. The number of thioether (sulfide) groups is 1. The molecule has 0 radical (unpaired) electrons. The summed E-state index contributed by atoms with van der Waals surface area (Å²) < 4.78 is 0. The largest absolute Gasteiger partial charge is 0.508 e. The smallest absolute Gasteiger partial charge is 0.326 e. The maximum absolute atomic E-state index is 13.9. The Balaban J connectivity index is 1.91. The lowest BCUT2D eigenvalue weighted by atomic mass is 10.0. The number of benzene rings is 1. The van der Waals surface area contributed by atoms with Crippen molar-refractivity contribution >= 4 is 59.2 Å². The fourth-order valence-corrected chi connectivity index (χ4v) is 5.72. The molecule has 13 N–H and O–H groups in total. The van der Waals surface area contributed by atoms with Crippen LogP contribution in [0.2, 0.25) is 0 Å². The van der Waals surface area contributed by atoms with E-state index < -0.39 is 96.5 Å². The number of carboxylic acid groups (broad SMARTS) is 3. The summed E-state index contributed by atoms with van der Waals surface area (Å²) in [6, 6.07) is -3.80. The van der Waals surface area contributed by atoms with Crippen LogP contribution in [0.5, 0.6) is 5.75 Å². The van der Waals surface area contributed by atoms with Crippen LogP contribution >= 0.6 is 11.8 Å². The van der Waals surface area contributed by atoms with E-state index in [9.17, 15) is 53.7 Å². The molecule has 308 valence electrons. The maximum Gasteiger partial charge on any atom is 0.326 e. The van der Waals surface area contributed by atoms with Gasteiger partial charge in [0.25, 0.3) is 0 Å². The highest BCUT2D eigenvalue weighted by atomic mass is 32.2. The van der Waals surface area contributed by atoms with E-state index in [0.717, 1.165) is 0 Å². The van der Waals surface area contributed by atoms with E-state index in [1.165, 1.54) is 61.1 Å². The molecule has 22 nitrogen and oxygen atoms in total. The molecule has 0 fully saturated rings. The van der Waals surface area contributed by atoms with Gasteiger partial charge in [-0.3, -0.25) is 33.6 Å². The number of carbonyl (C=O) groups excluding carboxylic acids is 5. The minimum atomic E-state index is -1.88. The van der Waals surface area contributed by atoms with E-state index in [1.807, 2.05) is 6.26 Å². The predicted molar refractivity (Wildman–Crippen MR) is 199 cm³/mol. The van der Waals surface area contributed by atoms with Gasteiger partial charge in [-0.2, -0.15) is 11.8 Å². The molecular formula is C34H44N10O12S. The van der Waals surface area contributed by atoms with E-state index >= 15 is 0 Å². The highest BCUT2D eigenvalue weighted by Crippen LogP contribution is 2.13. The number of carboxylic acids is 3. The van der Waals surface area contributed by atoms with Crippen molar-refractivity contribution in [1.29, 1.82) is 0 Å². The molecule has 0 aliphatic carbocycles. The van der Waals surface area contributed by atoms with Crippen LogP contribution in [0, 0.1) is 0 Å². The minimum absolute atomic E-state index is 0.124. The summed E-state index contributed by atoms with van der Waals surface area (Å²) in [5.41, 5.74) is 7.06. The topological polar surface area (TPSA) is 361 Å². The average molecular weight is 817 g/mol. The zero-order valence-electron chi connectivity index (χ0n) is 30.5. The molecule has 23 heteroatoms. The summed E-state index contributed by atoms with van der Waals surface area (Å²) in [4.78, 5) is 116. The normalized spacial score (nSPS) is 14.1. The molecule has 3 rings (SSSR count). The lowest BCUT2D eigenvalue weighted by Crippen LogP contribution is -2.60. The number of nitrogens with zero attached hydrogens (tertiary/aromatic N) is 2. The Morgan fingerprint density at radius 1 is 0.649 bits per heavy atom. The molecule has 0 saturated carbocycles. The molecule has 0 spiro atoms. The van der Waals surface area contributed by atoms with Crippen LogP contribution in [-0.4, -0.2) is 136 Å². The first-order valence-corrected chi connectivity index (χ1v) is 18.6. The summed E-state index contributed by atoms with van der Waals surface area (Å²) >= 11 is 1.45. The van der Waals surface area contributed by atoms with Crippen molar-refractivity contribution in [3.63, 3.8) is 0 Å². The third-order valence-electron chi connectivity index (χ3n) is 8.21. The number of carbonyl (C=O) groups is 8. The standard InChI is InChI=1S/C34H44N10O12S/c1-57-7-6-21(35)29(50)40-23(9-18-13-36-15-38-18)31(52)43-25(11-27(46)47)33(54)41-22(8-17-2-4-20(45)5-3-17)30(51)42-24(10-19-14-37-16-39-19)32(53)44-26(34(55)56)12-28(48)49/h2-5,13-16,21-26,45H,6-12,35H2,1H3,(H,36,38)(H,37,39)(H,40,50)(H,41,54)(H,42,51)(H,43,52)(H,44,53)(H,46,47)(H,48,49)(H,55,56)/t21-,22-,23-,24-,25-,26-/m0/s1. The molecule has 0 aliphatic rings. The van der Waals surface area contributed by atoms with Gasteiger partial charge in [0.2, 0.25) is 29.5 Å². The Labute approximate surface area is 328 Å². The first-order chi connectivity index (χ1) is 27.1. The fraction of sp³-hybridized carbons (Fsp3) is 0.412. The first kappa shape index (κ1) is 44.9. The van der Waals surface area contributed by atoms with Crippen LogP contribution in [0.25, 0.3) is 0 Å². The predicted octanol–water partition coefficient (Wildman–Crippen LogP) is -2.60. The van der Waals surface area contributed by atoms with Crippen LogP contribution in [0.4, 0.5) is 0 Å². The number of aliphatic carboxylic acids is 3. The highest BCUT2D eigenvalue weighted by Gasteiger charge is 2.34. The Morgan fingerprint density at radius 2 is 1.07 bits per heavy atom. The van der Waals surface area contributed by atoms with Crippen LogP contribution in [0.1, 0.15) is 36.2 Å². The molecule has 2 heterocycles. The summed E-state index contributed by atoms with van der Waals surface area (Å²) in [5.74, 6) is -9.23. The molecule has 0 bridgehead atoms. The van der Waals surface area contributed by atoms with E-state index in [0.29, 0.717) is 22.7 Å². The Hall–Kier alpha value is -6.49. The summed E-state index contributed by atoms with van der Waals surface area (Å²) in [6.45, 7) is 0. The zero-order chi connectivity index (χ0) is 42.1. The third kappa shape index (κ3) is 15.3. The van der Waals surface area contributed by atoms with E-state index in [2.05, 4.69) is 46.5 Å². The molecular weight excluding hydrogens is 772 g/mol. The van der Waals surface area contributed by atoms with E-state index in [-0.39, 0.29) is 31.4 Å². The number of phenols is 1. The van der Waals surface area contributed by atoms with Gasteiger partial charge in [0, 0.05) is 43.0 Å². The number of phenolic OH excluding ortho intramolecular Hbond substituents is 1. The average Bonchev–Trinajstić information content (AvgIpc) is 3.87. The van der Waals surface area contributed by atoms with Crippen molar-refractivity contribution < 1.29 is 58.8 Å². The van der Waals surface area contributed by atoms with Gasteiger partial charge in [-0.25, -0.2) is 14.8 Å². The molecule has 6 atom stereocenters. The molecule has 0 unspecified atom stereocenters. The highest BCUT2D eigenvalue weighted by molar-refractivity contribution is 7.98. The second-order valence-corrected chi connectivity index (χ2v) is 13.6. The Bertz CT molecular complexity index is 1840. The SMILES string of the molecule is CSCC[C@H](N)C(=O)N[C@@H](Cc1cnc[nH]1)C(=O)N[C@@H](CC(=O)O)C(=O)N[C@@H](Cc1ccc(O)cc1)C(=O)N[C@@H](Cc1cnc[nH]1)C(=O)N[C@@H](CC(=O)O)C(=O)O. The van der Waals surface area contributed by atoms with Gasteiger partial charge in [0.05, 0.1) is 31.5 Å². The monoisotopic (exact) mass is 816 g/mol. The Kier molecular flexibility index (Phi) is 17.5. The third-order valence-corrected chi connectivity index (χ3v) is 8.85. The van der Waals surface area contributed by atoms with Crippen LogP contribution < -0.4 is 32.3 Å². The number of hydrogen-bond donors (Lipinski definition) is 12. The van der Waals surface area contributed by atoms with E-state index in [4.69, 9.17) is 10.8 Å². The summed E-state index contributed by atoms with van der Waals surface area (Å²) in [5, 5.41) is 49.9. The number of rotatable bonds is 24. The number of nitrogens with one attached hydrogen (secondary N) is 7. The maximum atomic E-state index is 13.9. The van der Waals surface area contributed by atoms with Crippen LogP contribution in [-0.2, 0) is 57.6 Å². The van der Waals surface area contributed by atoms with Gasteiger partial charge in [-0.1, -0.05) is 12.1 Å². The van der Waals surface area contributed by atoms with Gasteiger partial charge in [-0.05, 0) is 36.1 Å². The number of amides is 5.